The number of hydrogen-bond acceptors (Lipinski definition) is 0. The van der Waals surface area contributed by atoms with Gasteiger partial charge in [0.2, 0.25) is 0 Å². The van der Waals surface area contributed by atoms with Crippen LogP contribution in [0.3, 0.4) is 0 Å². The van der Waals surface area contributed by atoms with E-state index in [1.807, 2.05) is 36.7 Å². The van der Waals surface area contributed by atoms with Crippen LogP contribution in [0.4, 0.5) is 0 Å². The van der Waals surface area contributed by atoms with Crippen molar-refractivity contribution in [3.63, 3.8) is 0 Å². The number of aryl methyl sites for hydroxylation is 1. The van der Waals surface area contributed by atoms with E-state index in [0.717, 1.165) is 16.4 Å². The van der Waals surface area contributed by atoms with Crippen LogP contribution in [0.5, 0.6) is 0 Å². The molecule has 0 unspecified atom stereocenters. The number of halogens is 1. The third-order valence-corrected chi connectivity index (χ3v) is 3.65. The topological polar surface area (TPSA) is 31.6 Å². The number of rotatable bonds is 3. The van der Waals surface area contributed by atoms with Gasteiger partial charge in [0.25, 0.3) is 0 Å². The van der Waals surface area contributed by atoms with E-state index >= 15 is 0 Å². The Morgan fingerprint density at radius 1 is 0.947 bits per heavy atom. The molecule has 0 fully saturated rings. The van der Waals surface area contributed by atoms with Gasteiger partial charge in [0.15, 0.2) is 0 Å². The van der Waals surface area contributed by atoms with Gasteiger partial charge < -0.3 is 9.97 Å². The van der Waals surface area contributed by atoms with Gasteiger partial charge in [0.1, 0.15) is 0 Å². The molecule has 0 bridgehead atoms. The molecule has 0 saturated heterocycles. The summed E-state index contributed by atoms with van der Waals surface area (Å²) < 4.78 is 0. The number of H-pyrrole nitrogens is 2. The second-order valence-electron chi connectivity index (χ2n) is 4.68. The number of nitrogens with one attached hydrogen (secondary N) is 2. The molecule has 0 spiro atoms. The first-order valence-electron chi connectivity index (χ1n) is 6.28. The van der Waals surface area contributed by atoms with Crippen LogP contribution in [0.15, 0.2) is 54.9 Å². The van der Waals surface area contributed by atoms with Crippen molar-refractivity contribution in [3.05, 3.63) is 82.4 Å². The molecule has 2 heterocycles. The van der Waals surface area contributed by atoms with Gasteiger partial charge in [-0.05, 0) is 54.4 Å². The summed E-state index contributed by atoms with van der Waals surface area (Å²) in [7, 11) is 0. The number of hydrogen-bond donors (Lipinski definition) is 2. The molecule has 0 amide bonds. The summed E-state index contributed by atoms with van der Waals surface area (Å²) in [6.45, 7) is 2.12. The van der Waals surface area contributed by atoms with Crippen molar-refractivity contribution in [2.45, 2.75) is 12.8 Å². The highest BCUT2D eigenvalue weighted by atomic mass is 35.5. The third kappa shape index (κ3) is 2.32. The van der Waals surface area contributed by atoms with Crippen LogP contribution >= 0.6 is 11.6 Å². The summed E-state index contributed by atoms with van der Waals surface area (Å²) in [5.74, 6) is 0.156. The first kappa shape index (κ1) is 12.1. The lowest BCUT2D eigenvalue weighted by Gasteiger charge is -2.18. The van der Waals surface area contributed by atoms with Crippen LogP contribution in [0.2, 0.25) is 5.02 Å². The highest BCUT2D eigenvalue weighted by Crippen LogP contribution is 2.33. The van der Waals surface area contributed by atoms with Crippen molar-refractivity contribution in [1.29, 1.82) is 0 Å². The van der Waals surface area contributed by atoms with Gasteiger partial charge in [-0.15, -0.1) is 0 Å². The van der Waals surface area contributed by atoms with Crippen LogP contribution in [-0.2, 0) is 0 Å². The van der Waals surface area contributed by atoms with Crippen molar-refractivity contribution in [3.8, 4) is 0 Å². The van der Waals surface area contributed by atoms with Gasteiger partial charge in [-0.2, -0.15) is 0 Å². The summed E-state index contributed by atoms with van der Waals surface area (Å²) >= 11 is 6.16. The van der Waals surface area contributed by atoms with Crippen molar-refractivity contribution in [1.82, 2.24) is 9.97 Å². The zero-order valence-electron chi connectivity index (χ0n) is 10.7. The van der Waals surface area contributed by atoms with Crippen LogP contribution in [0.25, 0.3) is 0 Å². The molecule has 1 aromatic carbocycles. The largest absolute Gasteiger partial charge is 0.364 e. The van der Waals surface area contributed by atoms with Crippen molar-refractivity contribution < 1.29 is 0 Å². The fourth-order valence-electron chi connectivity index (χ4n) is 2.47. The molecule has 2 aromatic heterocycles. The second-order valence-corrected chi connectivity index (χ2v) is 5.12. The standard InChI is InChI=1S/C16H15ClN2/c1-11-6-7-12(17)10-13(11)16(14-4-2-8-18-14)15-5-3-9-19-15/h2-10,16,18-19H,1H3. The summed E-state index contributed by atoms with van der Waals surface area (Å²) in [4.78, 5) is 6.62. The molecular weight excluding hydrogens is 256 g/mol. The van der Waals surface area contributed by atoms with E-state index in [2.05, 4.69) is 35.1 Å². The minimum absolute atomic E-state index is 0.156. The Labute approximate surface area is 117 Å². The minimum Gasteiger partial charge on any atom is -0.364 e. The number of benzene rings is 1. The zero-order chi connectivity index (χ0) is 13.2. The molecular formula is C16H15ClN2. The van der Waals surface area contributed by atoms with E-state index in [9.17, 15) is 0 Å². The zero-order valence-corrected chi connectivity index (χ0v) is 11.4. The quantitative estimate of drug-likeness (QED) is 0.703. The molecule has 3 aromatic rings. The van der Waals surface area contributed by atoms with Crippen LogP contribution in [0, 0.1) is 6.92 Å². The Bertz CT molecular complexity index is 620. The second kappa shape index (κ2) is 4.98. The maximum Gasteiger partial charge on any atom is 0.0644 e. The highest BCUT2D eigenvalue weighted by molar-refractivity contribution is 6.30. The Kier molecular flexibility index (Phi) is 3.18. The Balaban J connectivity index is 2.17. The molecule has 3 heteroatoms. The highest BCUT2D eigenvalue weighted by Gasteiger charge is 2.20. The molecule has 0 saturated carbocycles. The molecule has 0 atom stereocenters. The lowest BCUT2D eigenvalue weighted by Crippen LogP contribution is -2.06. The van der Waals surface area contributed by atoms with Crippen LogP contribution in [0.1, 0.15) is 28.4 Å². The minimum atomic E-state index is 0.156. The normalized spacial score (nSPS) is 11.1. The lowest BCUT2D eigenvalue weighted by molar-refractivity contribution is 0.888. The van der Waals surface area contributed by atoms with E-state index in [0.29, 0.717) is 0 Å². The van der Waals surface area contributed by atoms with Crippen molar-refractivity contribution in [2.24, 2.45) is 0 Å². The lowest BCUT2D eigenvalue weighted by atomic mass is 9.89. The average Bonchev–Trinajstić information content (AvgIpc) is 3.07. The first-order valence-corrected chi connectivity index (χ1v) is 6.66. The SMILES string of the molecule is Cc1ccc(Cl)cc1C(c1ccc[nH]1)c1ccc[nH]1. The van der Waals surface area contributed by atoms with Gasteiger partial charge in [-0.25, -0.2) is 0 Å². The first-order chi connectivity index (χ1) is 9.25. The smallest absolute Gasteiger partial charge is 0.0644 e. The van der Waals surface area contributed by atoms with Crippen molar-refractivity contribution >= 4 is 11.6 Å². The van der Waals surface area contributed by atoms with Gasteiger partial charge in [0.05, 0.1) is 5.92 Å². The molecule has 19 heavy (non-hydrogen) atoms. The summed E-state index contributed by atoms with van der Waals surface area (Å²) in [6.07, 6.45) is 3.90. The average molecular weight is 271 g/mol. The predicted octanol–water partition coefficient (Wildman–Crippen LogP) is 4.48. The Morgan fingerprint density at radius 2 is 1.58 bits per heavy atom. The molecule has 0 aliphatic carbocycles. The predicted molar refractivity (Wildman–Crippen MR) is 78.7 cm³/mol. The van der Waals surface area contributed by atoms with Gasteiger partial charge in [0, 0.05) is 28.8 Å². The van der Waals surface area contributed by atoms with Crippen molar-refractivity contribution in [2.75, 3.05) is 0 Å². The molecule has 96 valence electrons. The Hall–Kier alpha value is -1.93. The molecule has 0 aliphatic rings. The summed E-state index contributed by atoms with van der Waals surface area (Å²) in [5, 5.41) is 0.767. The molecule has 3 rings (SSSR count). The fourth-order valence-corrected chi connectivity index (χ4v) is 2.65. The van der Waals surface area contributed by atoms with Gasteiger partial charge >= 0.3 is 0 Å². The van der Waals surface area contributed by atoms with E-state index in [-0.39, 0.29) is 5.92 Å². The van der Waals surface area contributed by atoms with E-state index in [1.165, 1.54) is 11.1 Å². The molecule has 2 N–H and O–H groups in total. The maximum atomic E-state index is 6.16. The van der Waals surface area contributed by atoms with E-state index < -0.39 is 0 Å². The van der Waals surface area contributed by atoms with Gasteiger partial charge in [-0.3, -0.25) is 0 Å². The maximum absolute atomic E-state index is 6.16. The van der Waals surface area contributed by atoms with Crippen LogP contribution in [-0.4, -0.2) is 9.97 Å². The number of aromatic amines is 2. The molecule has 2 nitrogen and oxygen atoms in total. The van der Waals surface area contributed by atoms with E-state index in [4.69, 9.17) is 11.6 Å². The monoisotopic (exact) mass is 270 g/mol. The third-order valence-electron chi connectivity index (χ3n) is 3.42. The van der Waals surface area contributed by atoms with Gasteiger partial charge in [-0.1, -0.05) is 17.7 Å². The molecule has 0 aliphatic heterocycles. The van der Waals surface area contributed by atoms with E-state index in [1.54, 1.807) is 0 Å². The summed E-state index contributed by atoms with van der Waals surface area (Å²) in [5.41, 5.74) is 4.77. The molecule has 0 radical (unpaired) electrons. The Morgan fingerprint density at radius 3 is 2.11 bits per heavy atom. The van der Waals surface area contributed by atoms with Crippen LogP contribution < -0.4 is 0 Å². The number of aromatic nitrogens is 2. The summed E-state index contributed by atoms with van der Waals surface area (Å²) in [6, 6.07) is 14.3. The fraction of sp³-hybridized carbons (Fsp3) is 0.125.